The first kappa shape index (κ1) is 16.7. The maximum absolute atomic E-state index is 12.8. The van der Waals surface area contributed by atoms with Gasteiger partial charge in [0.25, 0.3) is 5.91 Å². The Morgan fingerprint density at radius 1 is 1.09 bits per heavy atom. The fourth-order valence-corrected chi connectivity index (χ4v) is 2.36. The summed E-state index contributed by atoms with van der Waals surface area (Å²) in [6.45, 7) is 5.04. The number of nitrogens with one attached hydrogen (secondary N) is 1. The summed E-state index contributed by atoms with van der Waals surface area (Å²) in [7, 11) is 0. The number of hydrogen-bond donors (Lipinski definition) is 1. The normalized spacial score (nSPS) is 11.6. The summed E-state index contributed by atoms with van der Waals surface area (Å²) in [5, 5.41) is 2.83. The Bertz CT molecular complexity index is 640. The van der Waals surface area contributed by atoms with Crippen LogP contribution in [0.2, 0.25) is 0 Å². The van der Waals surface area contributed by atoms with Gasteiger partial charge in [-0.3, -0.25) is 14.6 Å². The van der Waals surface area contributed by atoms with Gasteiger partial charge in [-0.15, -0.1) is 0 Å². The van der Waals surface area contributed by atoms with Gasteiger partial charge in [0.05, 0.1) is 5.56 Å². The molecular formula is C18H21N3O2. The summed E-state index contributed by atoms with van der Waals surface area (Å²) in [5.41, 5.74) is 1.20. The fourth-order valence-electron chi connectivity index (χ4n) is 2.36. The molecule has 0 radical (unpaired) electrons. The standard InChI is InChI=1S/C18H21N3O2/c1-3-21(4-2)18(23)16(14-9-6-5-7-10-14)20-17(22)15-11-8-12-19-13-15/h5-13,16H,3-4H2,1-2H3,(H,20,22)/t16-/m0/s1. The van der Waals surface area contributed by atoms with Crippen molar-refractivity contribution in [1.82, 2.24) is 15.2 Å². The topological polar surface area (TPSA) is 62.3 Å². The second kappa shape index (κ2) is 8.08. The molecule has 0 spiro atoms. The number of likely N-dealkylation sites (N-methyl/N-ethyl adjacent to an activating group) is 1. The van der Waals surface area contributed by atoms with Crippen molar-refractivity contribution >= 4 is 11.8 Å². The van der Waals surface area contributed by atoms with Gasteiger partial charge in [0.1, 0.15) is 6.04 Å². The van der Waals surface area contributed by atoms with Crippen LogP contribution in [0.4, 0.5) is 0 Å². The lowest BCUT2D eigenvalue weighted by atomic mass is 10.0. The molecule has 1 aromatic carbocycles. The maximum Gasteiger partial charge on any atom is 0.253 e. The van der Waals surface area contributed by atoms with Crippen LogP contribution in [0.1, 0.15) is 35.8 Å². The Morgan fingerprint density at radius 3 is 2.35 bits per heavy atom. The van der Waals surface area contributed by atoms with Gasteiger partial charge in [0, 0.05) is 25.5 Å². The van der Waals surface area contributed by atoms with Crippen LogP contribution in [-0.2, 0) is 4.79 Å². The van der Waals surface area contributed by atoms with Gasteiger partial charge in [0.15, 0.2) is 0 Å². The van der Waals surface area contributed by atoms with E-state index in [1.54, 1.807) is 23.2 Å². The van der Waals surface area contributed by atoms with Crippen molar-refractivity contribution in [3.8, 4) is 0 Å². The Labute approximate surface area is 136 Å². The largest absolute Gasteiger partial charge is 0.341 e. The molecule has 0 aliphatic carbocycles. The molecule has 1 aromatic heterocycles. The van der Waals surface area contributed by atoms with Crippen LogP contribution in [-0.4, -0.2) is 34.8 Å². The highest BCUT2D eigenvalue weighted by Gasteiger charge is 2.26. The van der Waals surface area contributed by atoms with Crippen molar-refractivity contribution in [2.75, 3.05) is 13.1 Å². The Balaban J connectivity index is 2.27. The van der Waals surface area contributed by atoms with Gasteiger partial charge in [-0.25, -0.2) is 0 Å². The summed E-state index contributed by atoms with van der Waals surface area (Å²) < 4.78 is 0. The molecule has 2 rings (SSSR count). The van der Waals surface area contributed by atoms with Gasteiger partial charge in [0.2, 0.25) is 5.91 Å². The highest BCUT2D eigenvalue weighted by molar-refractivity contribution is 5.97. The minimum absolute atomic E-state index is 0.113. The maximum atomic E-state index is 12.8. The molecule has 2 amide bonds. The number of nitrogens with zero attached hydrogens (tertiary/aromatic N) is 2. The monoisotopic (exact) mass is 311 g/mol. The molecule has 1 heterocycles. The average Bonchev–Trinajstić information content (AvgIpc) is 2.62. The molecular weight excluding hydrogens is 290 g/mol. The summed E-state index contributed by atoms with van der Waals surface area (Å²) in [4.78, 5) is 30.8. The Hall–Kier alpha value is -2.69. The van der Waals surface area contributed by atoms with Gasteiger partial charge in [-0.1, -0.05) is 30.3 Å². The second-order valence-electron chi connectivity index (χ2n) is 5.07. The van der Waals surface area contributed by atoms with Crippen LogP contribution in [0.25, 0.3) is 0 Å². The van der Waals surface area contributed by atoms with Gasteiger partial charge in [-0.2, -0.15) is 0 Å². The molecule has 5 nitrogen and oxygen atoms in total. The van der Waals surface area contributed by atoms with Crippen molar-refractivity contribution in [3.05, 3.63) is 66.0 Å². The lowest BCUT2D eigenvalue weighted by Gasteiger charge is -2.26. The molecule has 0 unspecified atom stereocenters. The van der Waals surface area contributed by atoms with Crippen molar-refractivity contribution in [2.24, 2.45) is 0 Å². The summed E-state index contributed by atoms with van der Waals surface area (Å²) >= 11 is 0. The number of aromatic nitrogens is 1. The Kier molecular flexibility index (Phi) is 5.86. The number of rotatable bonds is 6. The third kappa shape index (κ3) is 4.16. The van der Waals surface area contributed by atoms with Gasteiger partial charge >= 0.3 is 0 Å². The van der Waals surface area contributed by atoms with Gasteiger partial charge in [-0.05, 0) is 31.5 Å². The highest BCUT2D eigenvalue weighted by Crippen LogP contribution is 2.16. The molecule has 120 valence electrons. The minimum Gasteiger partial charge on any atom is -0.341 e. The zero-order chi connectivity index (χ0) is 16.7. The first-order chi connectivity index (χ1) is 11.2. The summed E-state index contributed by atoms with van der Waals surface area (Å²) in [5.74, 6) is -0.425. The molecule has 0 saturated carbocycles. The highest BCUT2D eigenvalue weighted by atomic mass is 16.2. The van der Waals surface area contributed by atoms with Crippen LogP contribution in [0.5, 0.6) is 0 Å². The smallest absolute Gasteiger partial charge is 0.253 e. The van der Waals surface area contributed by atoms with E-state index in [0.29, 0.717) is 18.7 Å². The zero-order valence-electron chi connectivity index (χ0n) is 13.4. The molecule has 2 aromatic rings. The van der Waals surface area contributed by atoms with E-state index >= 15 is 0 Å². The molecule has 1 N–H and O–H groups in total. The van der Waals surface area contributed by atoms with E-state index in [2.05, 4.69) is 10.3 Å². The van der Waals surface area contributed by atoms with E-state index < -0.39 is 6.04 Å². The molecule has 0 aliphatic rings. The van der Waals surface area contributed by atoms with E-state index in [1.165, 1.54) is 6.20 Å². The lowest BCUT2D eigenvalue weighted by Crippen LogP contribution is -2.42. The third-order valence-electron chi connectivity index (χ3n) is 3.65. The average molecular weight is 311 g/mol. The van der Waals surface area contributed by atoms with Crippen LogP contribution >= 0.6 is 0 Å². The zero-order valence-corrected chi connectivity index (χ0v) is 13.4. The van der Waals surface area contributed by atoms with E-state index in [9.17, 15) is 9.59 Å². The molecule has 23 heavy (non-hydrogen) atoms. The number of amides is 2. The molecule has 0 saturated heterocycles. The number of benzene rings is 1. The first-order valence-electron chi connectivity index (χ1n) is 7.72. The molecule has 0 fully saturated rings. The SMILES string of the molecule is CCN(CC)C(=O)[C@@H](NC(=O)c1cccnc1)c1ccccc1. The van der Waals surface area contributed by atoms with Crippen LogP contribution in [0, 0.1) is 0 Å². The quantitative estimate of drug-likeness (QED) is 0.891. The summed E-state index contributed by atoms with van der Waals surface area (Å²) in [6, 6.07) is 11.9. The van der Waals surface area contributed by atoms with E-state index in [-0.39, 0.29) is 11.8 Å². The van der Waals surface area contributed by atoms with Crippen LogP contribution in [0.3, 0.4) is 0 Å². The fraction of sp³-hybridized carbons (Fsp3) is 0.278. The van der Waals surface area contributed by atoms with E-state index in [1.807, 2.05) is 44.2 Å². The predicted molar refractivity (Wildman–Crippen MR) is 88.8 cm³/mol. The second-order valence-corrected chi connectivity index (χ2v) is 5.07. The number of pyridine rings is 1. The molecule has 5 heteroatoms. The number of carbonyl (C=O) groups is 2. The van der Waals surface area contributed by atoms with Crippen molar-refractivity contribution < 1.29 is 9.59 Å². The Morgan fingerprint density at radius 2 is 1.78 bits per heavy atom. The first-order valence-corrected chi connectivity index (χ1v) is 7.72. The lowest BCUT2D eigenvalue weighted by molar-refractivity contribution is -0.133. The van der Waals surface area contributed by atoms with E-state index in [4.69, 9.17) is 0 Å². The summed E-state index contributed by atoms with van der Waals surface area (Å²) in [6.07, 6.45) is 3.09. The van der Waals surface area contributed by atoms with Crippen molar-refractivity contribution in [3.63, 3.8) is 0 Å². The van der Waals surface area contributed by atoms with Crippen LogP contribution < -0.4 is 5.32 Å². The van der Waals surface area contributed by atoms with Crippen molar-refractivity contribution in [2.45, 2.75) is 19.9 Å². The van der Waals surface area contributed by atoms with Gasteiger partial charge < -0.3 is 10.2 Å². The molecule has 0 aliphatic heterocycles. The van der Waals surface area contributed by atoms with Crippen LogP contribution in [0.15, 0.2) is 54.9 Å². The molecule has 0 bridgehead atoms. The predicted octanol–water partition coefficient (Wildman–Crippen LogP) is 2.42. The number of carbonyl (C=O) groups excluding carboxylic acids is 2. The minimum atomic E-state index is -0.705. The number of hydrogen-bond acceptors (Lipinski definition) is 3. The van der Waals surface area contributed by atoms with Crippen molar-refractivity contribution in [1.29, 1.82) is 0 Å². The third-order valence-corrected chi connectivity index (χ3v) is 3.65. The van der Waals surface area contributed by atoms with E-state index in [0.717, 1.165) is 5.56 Å². The molecule has 1 atom stereocenters.